The Morgan fingerprint density at radius 3 is 2.74 bits per heavy atom. The highest BCUT2D eigenvalue weighted by Gasteiger charge is 2.29. The Hall–Kier alpha value is -1.09. The summed E-state index contributed by atoms with van der Waals surface area (Å²) >= 11 is 0. The van der Waals surface area contributed by atoms with E-state index in [1.807, 2.05) is 0 Å². The summed E-state index contributed by atoms with van der Waals surface area (Å²) in [4.78, 5) is 7.27. The van der Waals surface area contributed by atoms with E-state index >= 15 is 0 Å². The molecule has 0 bridgehead atoms. The number of hydrogen-bond donors (Lipinski definition) is 1. The molecule has 1 aliphatic carbocycles. The fraction of sp³-hybridized carbons (Fsp3) is 0.688. The first-order valence-corrected chi connectivity index (χ1v) is 7.69. The molecule has 0 aliphatic heterocycles. The Labute approximate surface area is 117 Å². The molecule has 2 rings (SSSR count). The van der Waals surface area contributed by atoms with Gasteiger partial charge in [0.05, 0.1) is 0 Å². The average Bonchev–Trinajstić information content (AvgIpc) is 3.21. The Morgan fingerprint density at radius 2 is 2.11 bits per heavy atom. The number of aryl methyl sites for hydroxylation is 1. The number of rotatable bonds is 8. The topological polar surface area (TPSA) is 28.2 Å². The zero-order chi connectivity index (χ0) is 13.7. The van der Waals surface area contributed by atoms with Crippen molar-refractivity contribution in [2.75, 3.05) is 18.0 Å². The van der Waals surface area contributed by atoms with E-state index < -0.39 is 0 Å². The van der Waals surface area contributed by atoms with Crippen molar-refractivity contribution in [3.63, 3.8) is 0 Å². The number of anilines is 1. The van der Waals surface area contributed by atoms with Crippen molar-refractivity contribution < 1.29 is 0 Å². The number of hydrogen-bond acceptors (Lipinski definition) is 3. The van der Waals surface area contributed by atoms with Crippen molar-refractivity contribution in [1.29, 1.82) is 0 Å². The van der Waals surface area contributed by atoms with Crippen LogP contribution >= 0.6 is 0 Å². The van der Waals surface area contributed by atoms with Gasteiger partial charge in [-0.05, 0) is 50.4 Å². The Kier molecular flexibility index (Phi) is 5.20. The molecular weight excluding hydrogens is 234 g/mol. The Morgan fingerprint density at radius 1 is 1.32 bits per heavy atom. The maximum atomic E-state index is 4.75. The van der Waals surface area contributed by atoms with Crippen LogP contribution in [0.25, 0.3) is 0 Å². The second-order valence-corrected chi connectivity index (χ2v) is 5.53. The lowest BCUT2D eigenvalue weighted by Gasteiger charge is -2.24. The summed E-state index contributed by atoms with van der Waals surface area (Å²) in [6.45, 7) is 9.61. The van der Waals surface area contributed by atoms with Gasteiger partial charge in [0, 0.05) is 24.8 Å². The van der Waals surface area contributed by atoms with E-state index in [1.54, 1.807) is 0 Å². The quantitative estimate of drug-likeness (QED) is 0.778. The van der Waals surface area contributed by atoms with E-state index in [2.05, 4.69) is 43.1 Å². The largest absolute Gasteiger partial charge is 0.354 e. The third kappa shape index (κ3) is 4.20. The normalized spacial score (nSPS) is 14.7. The second kappa shape index (κ2) is 6.90. The summed E-state index contributed by atoms with van der Waals surface area (Å²) < 4.78 is 0. The zero-order valence-corrected chi connectivity index (χ0v) is 12.6. The molecule has 1 fully saturated rings. The molecule has 19 heavy (non-hydrogen) atoms. The minimum Gasteiger partial charge on any atom is -0.354 e. The summed E-state index contributed by atoms with van der Waals surface area (Å²) in [5, 5.41) is 3.40. The molecule has 0 unspecified atom stereocenters. The van der Waals surface area contributed by atoms with Crippen molar-refractivity contribution in [2.45, 2.75) is 59.0 Å². The van der Waals surface area contributed by atoms with Gasteiger partial charge in [-0.3, -0.25) is 0 Å². The molecule has 1 aliphatic rings. The fourth-order valence-corrected chi connectivity index (χ4v) is 2.44. The van der Waals surface area contributed by atoms with Crippen molar-refractivity contribution >= 4 is 5.82 Å². The van der Waals surface area contributed by atoms with Crippen molar-refractivity contribution in [3.05, 3.63) is 23.4 Å². The van der Waals surface area contributed by atoms with Gasteiger partial charge in [0.2, 0.25) is 0 Å². The minimum absolute atomic E-state index is 0.743. The zero-order valence-electron chi connectivity index (χ0n) is 12.6. The lowest BCUT2D eigenvalue weighted by molar-refractivity contribution is 0.697. The van der Waals surface area contributed by atoms with Crippen LogP contribution in [0.15, 0.2) is 12.1 Å². The highest BCUT2D eigenvalue weighted by atomic mass is 15.2. The number of nitrogens with one attached hydrogen (secondary N) is 1. The molecule has 1 N–H and O–H groups in total. The van der Waals surface area contributed by atoms with Crippen LogP contribution in [0.2, 0.25) is 0 Å². The van der Waals surface area contributed by atoms with E-state index in [0.29, 0.717) is 0 Å². The predicted molar refractivity (Wildman–Crippen MR) is 81.6 cm³/mol. The van der Waals surface area contributed by atoms with E-state index in [1.165, 1.54) is 37.1 Å². The molecular formula is C16H27N3. The molecule has 3 nitrogen and oxygen atoms in total. The molecule has 0 aromatic carbocycles. The van der Waals surface area contributed by atoms with Crippen molar-refractivity contribution in [1.82, 2.24) is 10.3 Å². The molecule has 3 heteroatoms. The van der Waals surface area contributed by atoms with Gasteiger partial charge in [-0.1, -0.05) is 20.3 Å². The van der Waals surface area contributed by atoms with E-state index in [-0.39, 0.29) is 0 Å². The number of nitrogens with zero attached hydrogens (tertiary/aromatic N) is 2. The average molecular weight is 261 g/mol. The Bertz CT molecular complexity index is 399. The van der Waals surface area contributed by atoms with Gasteiger partial charge in [-0.15, -0.1) is 0 Å². The van der Waals surface area contributed by atoms with Crippen LogP contribution in [0.3, 0.4) is 0 Å². The molecule has 0 amide bonds. The monoisotopic (exact) mass is 261 g/mol. The third-order valence-corrected chi connectivity index (χ3v) is 3.61. The standard InChI is InChI=1S/C16H27N3/c1-4-6-9-19(15-7-8-15)16-11-14(12-17-5-2)10-13(3)18-16/h10-11,15,17H,4-9,12H2,1-3H3. The van der Waals surface area contributed by atoms with Crippen LogP contribution in [0, 0.1) is 6.92 Å². The summed E-state index contributed by atoms with van der Waals surface area (Å²) in [5.74, 6) is 1.18. The van der Waals surface area contributed by atoms with Gasteiger partial charge < -0.3 is 10.2 Å². The number of pyridine rings is 1. The van der Waals surface area contributed by atoms with E-state index in [9.17, 15) is 0 Å². The van der Waals surface area contributed by atoms with Crippen LogP contribution in [-0.4, -0.2) is 24.1 Å². The molecule has 106 valence electrons. The van der Waals surface area contributed by atoms with Gasteiger partial charge in [-0.25, -0.2) is 4.98 Å². The molecule has 1 saturated carbocycles. The summed E-state index contributed by atoms with van der Waals surface area (Å²) in [6.07, 6.45) is 5.18. The first-order chi connectivity index (χ1) is 9.24. The highest BCUT2D eigenvalue weighted by Crippen LogP contribution is 2.31. The van der Waals surface area contributed by atoms with Gasteiger partial charge >= 0.3 is 0 Å². The summed E-state index contributed by atoms with van der Waals surface area (Å²) in [5.41, 5.74) is 2.49. The van der Waals surface area contributed by atoms with Gasteiger partial charge in [-0.2, -0.15) is 0 Å². The van der Waals surface area contributed by atoms with Gasteiger partial charge in [0.15, 0.2) is 0 Å². The van der Waals surface area contributed by atoms with Crippen LogP contribution < -0.4 is 10.2 Å². The number of unbranched alkanes of at least 4 members (excludes halogenated alkanes) is 1. The predicted octanol–water partition coefficient (Wildman–Crippen LogP) is 3.27. The SMILES string of the molecule is CCCCN(c1cc(CNCC)cc(C)n1)C1CC1. The highest BCUT2D eigenvalue weighted by molar-refractivity contribution is 5.45. The van der Waals surface area contributed by atoms with Crippen LogP contribution in [0.1, 0.15) is 50.8 Å². The smallest absolute Gasteiger partial charge is 0.129 e. The number of aromatic nitrogens is 1. The van der Waals surface area contributed by atoms with Crippen LogP contribution in [0.4, 0.5) is 5.82 Å². The molecule has 1 heterocycles. The molecule has 0 saturated heterocycles. The molecule has 0 spiro atoms. The Balaban J connectivity index is 2.13. The summed E-state index contributed by atoms with van der Waals surface area (Å²) in [6, 6.07) is 5.20. The third-order valence-electron chi connectivity index (χ3n) is 3.61. The first-order valence-electron chi connectivity index (χ1n) is 7.69. The lowest BCUT2D eigenvalue weighted by Crippen LogP contribution is -2.28. The fourth-order valence-electron chi connectivity index (χ4n) is 2.44. The van der Waals surface area contributed by atoms with Crippen molar-refractivity contribution in [3.8, 4) is 0 Å². The first kappa shape index (κ1) is 14.3. The van der Waals surface area contributed by atoms with Crippen LogP contribution in [0.5, 0.6) is 0 Å². The maximum absolute atomic E-state index is 4.75. The van der Waals surface area contributed by atoms with E-state index in [0.717, 1.165) is 31.4 Å². The van der Waals surface area contributed by atoms with Crippen LogP contribution in [-0.2, 0) is 6.54 Å². The molecule has 0 radical (unpaired) electrons. The summed E-state index contributed by atoms with van der Waals surface area (Å²) in [7, 11) is 0. The molecule has 1 aromatic rings. The maximum Gasteiger partial charge on any atom is 0.129 e. The van der Waals surface area contributed by atoms with Gasteiger partial charge in [0.25, 0.3) is 0 Å². The van der Waals surface area contributed by atoms with E-state index in [4.69, 9.17) is 4.98 Å². The van der Waals surface area contributed by atoms with Gasteiger partial charge in [0.1, 0.15) is 5.82 Å². The lowest BCUT2D eigenvalue weighted by atomic mass is 10.2. The minimum atomic E-state index is 0.743. The second-order valence-electron chi connectivity index (χ2n) is 5.53. The van der Waals surface area contributed by atoms with Crippen molar-refractivity contribution in [2.24, 2.45) is 0 Å². The molecule has 0 atom stereocenters. The molecule has 1 aromatic heterocycles.